The normalized spacial score (nSPS) is 28.6. The van der Waals surface area contributed by atoms with Crippen molar-refractivity contribution in [2.45, 2.75) is 51.2 Å². The molecular formula is C12H20F3NO2. The fraction of sp³-hybridized carbons (Fsp3) is 0.917. The Morgan fingerprint density at radius 3 is 2.50 bits per heavy atom. The van der Waals surface area contributed by atoms with Crippen LogP contribution in [0, 0.1) is 11.8 Å². The Hall–Kier alpha value is -0.780. The molecule has 1 aliphatic rings. The molecule has 106 valence electrons. The van der Waals surface area contributed by atoms with Gasteiger partial charge in [0.2, 0.25) is 5.54 Å². The lowest BCUT2D eigenvalue weighted by Crippen LogP contribution is -2.58. The Bertz CT molecular complexity index is 302. The first-order chi connectivity index (χ1) is 8.14. The minimum atomic E-state index is -4.79. The van der Waals surface area contributed by atoms with Gasteiger partial charge in [-0.1, -0.05) is 19.8 Å². The third-order valence-corrected chi connectivity index (χ3v) is 3.51. The van der Waals surface area contributed by atoms with E-state index in [4.69, 9.17) is 10.5 Å². The molecule has 1 fully saturated rings. The first-order valence-corrected chi connectivity index (χ1v) is 6.17. The molecule has 0 aromatic rings. The van der Waals surface area contributed by atoms with Crippen molar-refractivity contribution >= 4 is 5.97 Å². The number of nitrogens with two attached hydrogens (primary N) is 1. The lowest BCUT2D eigenvalue weighted by molar-refractivity contribution is -0.202. The molecule has 1 rings (SSSR count). The van der Waals surface area contributed by atoms with Crippen LogP contribution in [0.25, 0.3) is 0 Å². The average molecular weight is 267 g/mol. The standard InChI is InChI=1S/C12H20F3NO2/c1-8-4-3-5-9(6-8)7-18-10(17)11(2,16)12(13,14)15/h8-9H,3-7,16H2,1-2H3. The van der Waals surface area contributed by atoms with Gasteiger partial charge in [0.1, 0.15) is 0 Å². The molecule has 3 atom stereocenters. The van der Waals surface area contributed by atoms with Gasteiger partial charge in [0.25, 0.3) is 0 Å². The third kappa shape index (κ3) is 3.60. The van der Waals surface area contributed by atoms with Gasteiger partial charge >= 0.3 is 12.1 Å². The van der Waals surface area contributed by atoms with Crippen LogP contribution in [0.15, 0.2) is 0 Å². The predicted molar refractivity (Wildman–Crippen MR) is 60.7 cm³/mol. The summed E-state index contributed by atoms with van der Waals surface area (Å²) < 4.78 is 42.2. The number of carbonyl (C=O) groups is 1. The molecule has 0 aromatic heterocycles. The number of alkyl halides is 3. The van der Waals surface area contributed by atoms with E-state index in [1.54, 1.807) is 0 Å². The number of hydrogen-bond donors (Lipinski definition) is 1. The van der Waals surface area contributed by atoms with Crippen LogP contribution in [-0.2, 0) is 9.53 Å². The van der Waals surface area contributed by atoms with Crippen molar-refractivity contribution in [3.05, 3.63) is 0 Å². The highest BCUT2D eigenvalue weighted by molar-refractivity contribution is 5.81. The van der Waals surface area contributed by atoms with E-state index < -0.39 is 17.7 Å². The minimum absolute atomic E-state index is 0.0338. The zero-order valence-electron chi connectivity index (χ0n) is 10.7. The van der Waals surface area contributed by atoms with Crippen LogP contribution >= 0.6 is 0 Å². The third-order valence-electron chi connectivity index (χ3n) is 3.51. The van der Waals surface area contributed by atoms with E-state index in [1.807, 2.05) is 0 Å². The second-order valence-electron chi connectivity index (χ2n) is 5.44. The summed E-state index contributed by atoms with van der Waals surface area (Å²) in [7, 11) is 0. The molecule has 18 heavy (non-hydrogen) atoms. The highest BCUT2D eigenvalue weighted by Crippen LogP contribution is 2.31. The van der Waals surface area contributed by atoms with E-state index >= 15 is 0 Å². The first kappa shape index (κ1) is 15.3. The maximum Gasteiger partial charge on any atom is 0.416 e. The molecule has 0 aromatic carbocycles. The Morgan fingerprint density at radius 1 is 1.39 bits per heavy atom. The Balaban J connectivity index is 2.46. The zero-order chi connectivity index (χ0) is 14.0. The SMILES string of the molecule is CC1CCCC(COC(=O)C(C)(N)C(F)(F)F)C1. The fourth-order valence-electron chi connectivity index (χ4n) is 2.17. The van der Waals surface area contributed by atoms with Crippen LogP contribution < -0.4 is 5.73 Å². The van der Waals surface area contributed by atoms with Crippen molar-refractivity contribution < 1.29 is 22.7 Å². The Kier molecular flexibility index (Phi) is 4.64. The van der Waals surface area contributed by atoms with Gasteiger partial charge in [-0.25, -0.2) is 4.79 Å². The molecule has 0 saturated heterocycles. The number of ether oxygens (including phenoxy) is 1. The molecular weight excluding hydrogens is 247 g/mol. The van der Waals surface area contributed by atoms with Gasteiger partial charge in [-0.3, -0.25) is 0 Å². The van der Waals surface area contributed by atoms with Gasteiger partial charge in [-0.2, -0.15) is 13.2 Å². The van der Waals surface area contributed by atoms with Crippen LogP contribution in [0.3, 0.4) is 0 Å². The van der Waals surface area contributed by atoms with Crippen molar-refractivity contribution in [1.82, 2.24) is 0 Å². The van der Waals surface area contributed by atoms with E-state index in [9.17, 15) is 18.0 Å². The van der Waals surface area contributed by atoms with Crippen LogP contribution in [0.1, 0.15) is 39.5 Å². The molecule has 0 bridgehead atoms. The minimum Gasteiger partial charge on any atom is -0.464 e. The van der Waals surface area contributed by atoms with Crippen molar-refractivity contribution in [2.75, 3.05) is 6.61 Å². The average Bonchev–Trinajstić information content (AvgIpc) is 2.24. The molecule has 0 heterocycles. The molecule has 0 spiro atoms. The summed E-state index contributed by atoms with van der Waals surface area (Å²) in [5.74, 6) is -0.704. The smallest absolute Gasteiger partial charge is 0.416 e. The van der Waals surface area contributed by atoms with Crippen LogP contribution in [0.5, 0.6) is 0 Å². The predicted octanol–water partition coefficient (Wildman–Crippen LogP) is 2.64. The Labute approximate surface area is 105 Å². The molecule has 1 aliphatic carbocycles. The number of rotatable bonds is 3. The number of esters is 1. The van der Waals surface area contributed by atoms with Crippen molar-refractivity contribution in [2.24, 2.45) is 17.6 Å². The molecule has 1 saturated carbocycles. The summed E-state index contributed by atoms with van der Waals surface area (Å²) in [5.41, 5.74) is 2.06. The lowest BCUT2D eigenvalue weighted by atomic mass is 9.83. The monoisotopic (exact) mass is 267 g/mol. The summed E-state index contributed by atoms with van der Waals surface area (Å²) in [6.45, 7) is 2.77. The maximum absolute atomic E-state index is 12.5. The first-order valence-electron chi connectivity index (χ1n) is 6.17. The van der Waals surface area contributed by atoms with Crippen LogP contribution in [-0.4, -0.2) is 24.3 Å². The molecule has 2 N–H and O–H groups in total. The highest BCUT2D eigenvalue weighted by Gasteiger charge is 2.55. The second-order valence-corrected chi connectivity index (χ2v) is 5.44. The largest absolute Gasteiger partial charge is 0.464 e. The summed E-state index contributed by atoms with van der Waals surface area (Å²) in [4.78, 5) is 11.4. The quantitative estimate of drug-likeness (QED) is 0.800. The van der Waals surface area contributed by atoms with Gasteiger partial charge in [0.15, 0.2) is 0 Å². The van der Waals surface area contributed by atoms with Gasteiger partial charge < -0.3 is 10.5 Å². The topological polar surface area (TPSA) is 52.3 Å². The second kappa shape index (κ2) is 5.47. The summed E-state index contributed by atoms with van der Waals surface area (Å²) >= 11 is 0. The fourth-order valence-corrected chi connectivity index (χ4v) is 2.17. The van der Waals surface area contributed by atoms with Gasteiger partial charge in [0, 0.05) is 0 Å². The van der Waals surface area contributed by atoms with E-state index in [-0.39, 0.29) is 12.5 Å². The number of carbonyl (C=O) groups excluding carboxylic acids is 1. The van der Waals surface area contributed by atoms with E-state index in [0.29, 0.717) is 12.8 Å². The summed E-state index contributed by atoms with van der Waals surface area (Å²) in [6, 6.07) is 0. The van der Waals surface area contributed by atoms with E-state index in [0.717, 1.165) is 25.7 Å². The van der Waals surface area contributed by atoms with Crippen molar-refractivity contribution in [3.8, 4) is 0 Å². The number of halogens is 3. The van der Waals surface area contributed by atoms with E-state index in [2.05, 4.69) is 6.92 Å². The maximum atomic E-state index is 12.5. The molecule has 0 amide bonds. The molecule has 3 unspecified atom stereocenters. The lowest BCUT2D eigenvalue weighted by Gasteiger charge is -2.29. The molecule has 3 nitrogen and oxygen atoms in total. The molecule has 6 heteroatoms. The van der Waals surface area contributed by atoms with Crippen molar-refractivity contribution in [3.63, 3.8) is 0 Å². The Morgan fingerprint density at radius 2 is 2.00 bits per heavy atom. The van der Waals surface area contributed by atoms with Gasteiger partial charge in [0.05, 0.1) is 6.61 Å². The van der Waals surface area contributed by atoms with Crippen LogP contribution in [0.4, 0.5) is 13.2 Å². The molecule has 0 radical (unpaired) electrons. The zero-order valence-corrected chi connectivity index (χ0v) is 10.7. The highest BCUT2D eigenvalue weighted by atomic mass is 19.4. The van der Waals surface area contributed by atoms with Crippen molar-refractivity contribution in [1.29, 1.82) is 0 Å². The van der Waals surface area contributed by atoms with E-state index in [1.165, 1.54) is 0 Å². The van der Waals surface area contributed by atoms with Gasteiger partial charge in [-0.05, 0) is 31.6 Å². The summed E-state index contributed by atoms with van der Waals surface area (Å²) in [5, 5.41) is 0. The number of hydrogen-bond acceptors (Lipinski definition) is 3. The van der Waals surface area contributed by atoms with Crippen LogP contribution in [0.2, 0.25) is 0 Å². The summed E-state index contributed by atoms with van der Waals surface area (Å²) in [6.07, 6.45) is -0.848. The molecule has 0 aliphatic heterocycles. The van der Waals surface area contributed by atoms with Gasteiger partial charge in [-0.15, -0.1) is 0 Å².